The lowest BCUT2D eigenvalue weighted by Gasteiger charge is -2.07. The highest BCUT2D eigenvalue weighted by atomic mass is 32.1. The number of carbonyl (C=O) groups is 1. The number of nitrogens with zero attached hydrogens (tertiary/aromatic N) is 4. The minimum Gasteiger partial charge on any atom is -0.355 e. The third kappa shape index (κ3) is 3.48. The van der Waals surface area contributed by atoms with E-state index in [1.54, 1.807) is 17.4 Å². The standard InChI is InChI=1S/C17H19N5O2S/c23-17(12-11-13(24-21-12)14-5-4-10-25-14)18-8-7-16-20-19-15-6-2-1-3-9-22(15)16/h4-5,10-11H,1-3,6-9H2,(H,18,23). The van der Waals surface area contributed by atoms with Crippen LogP contribution in [0.2, 0.25) is 0 Å². The van der Waals surface area contributed by atoms with Gasteiger partial charge in [-0.2, -0.15) is 0 Å². The molecule has 0 spiro atoms. The summed E-state index contributed by atoms with van der Waals surface area (Å²) >= 11 is 1.55. The van der Waals surface area contributed by atoms with Crippen molar-refractivity contribution in [2.24, 2.45) is 0 Å². The molecule has 1 amide bonds. The number of amides is 1. The number of thiophene rings is 1. The quantitative estimate of drug-likeness (QED) is 0.759. The molecule has 0 saturated heterocycles. The van der Waals surface area contributed by atoms with Crippen molar-refractivity contribution < 1.29 is 9.32 Å². The van der Waals surface area contributed by atoms with Crippen molar-refractivity contribution in [2.75, 3.05) is 6.54 Å². The van der Waals surface area contributed by atoms with E-state index in [-0.39, 0.29) is 5.91 Å². The molecule has 0 fully saturated rings. The van der Waals surface area contributed by atoms with E-state index in [0.29, 0.717) is 24.4 Å². The fraction of sp³-hybridized carbons (Fsp3) is 0.412. The second-order valence-electron chi connectivity index (χ2n) is 6.05. The fourth-order valence-corrected chi connectivity index (χ4v) is 3.70. The average molecular weight is 357 g/mol. The van der Waals surface area contributed by atoms with E-state index in [1.807, 2.05) is 17.5 Å². The van der Waals surface area contributed by atoms with Gasteiger partial charge in [0.1, 0.15) is 11.6 Å². The van der Waals surface area contributed by atoms with Crippen LogP contribution >= 0.6 is 11.3 Å². The number of aryl methyl sites for hydroxylation is 1. The lowest BCUT2D eigenvalue weighted by atomic mass is 10.2. The summed E-state index contributed by atoms with van der Waals surface area (Å²) in [5, 5.41) is 17.2. The molecule has 3 aromatic heterocycles. The van der Waals surface area contributed by atoms with E-state index in [2.05, 4.69) is 25.2 Å². The van der Waals surface area contributed by atoms with Gasteiger partial charge in [-0.3, -0.25) is 4.79 Å². The van der Waals surface area contributed by atoms with Gasteiger partial charge in [0.25, 0.3) is 5.91 Å². The maximum atomic E-state index is 12.2. The van der Waals surface area contributed by atoms with E-state index in [9.17, 15) is 4.79 Å². The van der Waals surface area contributed by atoms with Gasteiger partial charge < -0.3 is 14.4 Å². The zero-order valence-corrected chi connectivity index (χ0v) is 14.6. The van der Waals surface area contributed by atoms with Gasteiger partial charge in [-0.25, -0.2) is 0 Å². The monoisotopic (exact) mass is 357 g/mol. The molecule has 8 heteroatoms. The molecule has 0 unspecified atom stereocenters. The third-order valence-electron chi connectivity index (χ3n) is 4.33. The minimum absolute atomic E-state index is 0.234. The summed E-state index contributed by atoms with van der Waals surface area (Å²) in [6.45, 7) is 1.47. The Kier molecular flexibility index (Phi) is 4.60. The first kappa shape index (κ1) is 16.0. The molecule has 0 aliphatic carbocycles. The van der Waals surface area contributed by atoms with E-state index in [4.69, 9.17) is 4.52 Å². The summed E-state index contributed by atoms with van der Waals surface area (Å²) in [5.74, 6) is 2.39. The van der Waals surface area contributed by atoms with E-state index in [0.717, 1.165) is 35.9 Å². The van der Waals surface area contributed by atoms with Gasteiger partial charge in [-0.1, -0.05) is 17.6 Å². The summed E-state index contributed by atoms with van der Waals surface area (Å²) in [6.07, 6.45) is 5.22. The summed E-state index contributed by atoms with van der Waals surface area (Å²) < 4.78 is 7.44. The van der Waals surface area contributed by atoms with Crippen LogP contribution < -0.4 is 5.32 Å². The molecule has 3 aromatic rings. The number of rotatable bonds is 5. The van der Waals surface area contributed by atoms with Crippen LogP contribution in [0.25, 0.3) is 10.6 Å². The molecule has 0 atom stereocenters. The van der Waals surface area contributed by atoms with Gasteiger partial charge in [0.05, 0.1) is 4.88 Å². The van der Waals surface area contributed by atoms with Crippen LogP contribution in [0.3, 0.4) is 0 Å². The van der Waals surface area contributed by atoms with Gasteiger partial charge >= 0.3 is 0 Å². The molecule has 1 aliphatic heterocycles. The first-order valence-electron chi connectivity index (χ1n) is 8.51. The topological polar surface area (TPSA) is 85.8 Å². The SMILES string of the molecule is O=C(NCCc1nnc2n1CCCCC2)c1cc(-c2cccs2)on1. The summed E-state index contributed by atoms with van der Waals surface area (Å²) in [4.78, 5) is 13.2. The highest BCUT2D eigenvalue weighted by Crippen LogP contribution is 2.25. The molecule has 0 aromatic carbocycles. The van der Waals surface area contributed by atoms with Crippen LogP contribution in [-0.2, 0) is 19.4 Å². The molecule has 0 radical (unpaired) electrons. The van der Waals surface area contributed by atoms with E-state index < -0.39 is 0 Å². The molecular formula is C17H19N5O2S. The van der Waals surface area contributed by atoms with Crippen LogP contribution in [0.5, 0.6) is 0 Å². The maximum Gasteiger partial charge on any atom is 0.273 e. The number of hydrogen-bond donors (Lipinski definition) is 1. The largest absolute Gasteiger partial charge is 0.355 e. The second-order valence-corrected chi connectivity index (χ2v) is 7.00. The normalized spacial score (nSPS) is 14.1. The van der Waals surface area contributed by atoms with Gasteiger partial charge in [0, 0.05) is 32.0 Å². The van der Waals surface area contributed by atoms with Crippen molar-refractivity contribution in [2.45, 2.75) is 38.6 Å². The van der Waals surface area contributed by atoms with Crippen LogP contribution in [0.4, 0.5) is 0 Å². The number of aromatic nitrogens is 4. The van der Waals surface area contributed by atoms with E-state index in [1.165, 1.54) is 12.8 Å². The summed E-state index contributed by atoms with van der Waals surface area (Å²) in [7, 11) is 0. The Balaban J connectivity index is 1.34. The van der Waals surface area contributed by atoms with Crippen molar-refractivity contribution in [3.8, 4) is 10.6 Å². The molecular weight excluding hydrogens is 338 g/mol. The van der Waals surface area contributed by atoms with Gasteiger partial charge in [0.15, 0.2) is 11.5 Å². The lowest BCUT2D eigenvalue weighted by molar-refractivity contribution is 0.0945. The lowest BCUT2D eigenvalue weighted by Crippen LogP contribution is -2.26. The van der Waals surface area contributed by atoms with Gasteiger partial charge in [0.2, 0.25) is 0 Å². The van der Waals surface area contributed by atoms with Crippen molar-refractivity contribution in [1.82, 2.24) is 25.2 Å². The van der Waals surface area contributed by atoms with Gasteiger partial charge in [-0.15, -0.1) is 21.5 Å². The molecule has 1 aliphatic rings. The Bertz CT molecular complexity index is 852. The molecule has 0 saturated carbocycles. The molecule has 4 rings (SSSR count). The Morgan fingerprint density at radius 1 is 1.32 bits per heavy atom. The maximum absolute atomic E-state index is 12.2. The zero-order valence-electron chi connectivity index (χ0n) is 13.8. The predicted octanol–water partition coefficient (Wildman–Crippen LogP) is 2.69. The third-order valence-corrected chi connectivity index (χ3v) is 5.21. The van der Waals surface area contributed by atoms with Crippen LogP contribution in [0.15, 0.2) is 28.1 Å². The summed E-state index contributed by atoms with van der Waals surface area (Å²) in [5.41, 5.74) is 0.295. The molecule has 0 bridgehead atoms. The smallest absolute Gasteiger partial charge is 0.273 e. The fourth-order valence-electron chi connectivity index (χ4n) is 3.03. The van der Waals surface area contributed by atoms with Crippen molar-refractivity contribution in [1.29, 1.82) is 0 Å². The molecule has 7 nitrogen and oxygen atoms in total. The molecule has 1 N–H and O–H groups in total. The Morgan fingerprint density at radius 3 is 3.16 bits per heavy atom. The molecule has 130 valence electrons. The molecule has 25 heavy (non-hydrogen) atoms. The highest BCUT2D eigenvalue weighted by molar-refractivity contribution is 7.13. The van der Waals surface area contributed by atoms with Crippen LogP contribution in [0, 0.1) is 0 Å². The second kappa shape index (κ2) is 7.18. The minimum atomic E-state index is -0.234. The molecule has 4 heterocycles. The Hall–Kier alpha value is -2.48. The average Bonchev–Trinajstić information content (AvgIpc) is 3.34. The Labute approximate surface area is 149 Å². The zero-order chi connectivity index (χ0) is 17.1. The number of carbonyl (C=O) groups excluding carboxylic acids is 1. The van der Waals surface area contributed by atoms with Crippen LogP contribution in [-0.4, -0.2) is 32.4 Å². The van der Waals surface area contributed by atoms with Crippen molar-refractivity contribution >= 4 is 17.2 Å². The summed E-state index contributed by atoms with van der Waals surface area (Å²) in [6, 6.07) is 5.54. The number of fused-ring (bicyclic) bond motifs is 1. The highest BCUT2D eigenvalue weighted by Gasteiger charge is 2.16. The van der Waals surface area contributed by atoms with Crippen molar-refractivity contribution in [3.63, 3.8) is 0 Å². The first-order valence-corrected chi connectivity index (χ1v) is 9.39. The van der Waals surface area contributed by atoms with E-state index >= 15 is 0 Å². The Morgan fingerprint density at radius 2 is 2.28 bits per heavy atom. The van der Waals surface area contributed by atoms with Gasteiger partial charge in [-0.05, 0) is 24.3 Å². The first-order chi connectivity index (χ1) is 12.3. The predicted molar refractivity (Wildman–Crippen MR) is 93.4 cm³/mol. The van der Waals surface area contributed by atoms with Crippen molar-refractivity contribution in [3.05, 3.63) is 40.9 Å². The number of nitrogens with one attached hydrogen (secondary N) is 1. The number of hydrogen-bond acceptors (Lipinski definition) is 6. The van der Waals surface area contributed by atoms with Crippen LogP contribution in [0.1, 0.15) is 41.4 Å².